The van der Waals surface area contributed by atoms with Crippen molar-refractivity contribution in [2.24, 2.45) is 17.2 Å². The van der Waals surface area contributed by atoms with Crippen LogP contribution in [0.15, 0.2) is 30.5 Å². The molecule has 2 heterocycles. The molecular formula is C23H37N7O. The summed E-state index contributed by atoms with van der Waals surface area (Å²) in [6, 6.07) is 8.66. The molecule has 1 fully saturated rings. The molecular weight excluding hydrogens is 390 g/mol. The second-order valence-electron chi connectivity index (χ2n) is 9.23. The monoisotopic (exact) mass is 427 g/mol. The van der Waals surface area contributed by atoms with Crippen molar-refractivity contribution < 1.29 is 4.74 Å². The molecule has 1 aliphatic carbocycles. The second-order valence-corrected chi connectivity index (χ2v) is 9.23. The molecule has 1 aromatic heterocycles. The predicted octanol–water partition coefficient (Wildman–Crippen LogP) is 2.83. The van der Waals surface area contributed by atoms with Gasteiger partial charge in [0.2, 0.25) is 0 Å². The largest absolute Gasteiger partial charge is 0.497 e. The highest BCUT2D eigenvalue weighted by atomic mass is 16.5. The predicted molar refractivity (Wildman–Crippen MR) is 123 cm³/mol. The third-order valence-electron chi connectivity index (χ3n) is 6.97. The lowest BCUT2D eigenvalue weighted by molar-refractivity contribution is 0.0160. The van der Waals surface area contributed by atoms with Gasteiger partial charge in [0.15, 0.2) is 6.29 Å². The van der Waals surface area contributed by atoms with Crippen LogP contribution in [0.3, 0.4) is 0 Å². The van der Waals surface area contributed by atoms with Crippen LogP contribution in [0.5, 0.6) is 5.75 Å². The molecule has 3 atom stereocenters. The Morgan fingerprint density at radius 2 is 1.74 bits per heavy atom. The Kier molecular flexibility index (Phi) is 6.25. The maximum Gasteiger partial charge on any atom is 0.160 e. The van der Waals surface area contributed by atoms with Crippen molar-refractivity contribution >= 4 is 5.82 Å². The SMILES string of the molecule is COc1cccc(C(C)N2C(N)N(C3CCC(N)CC3)c3c(C(C)C)cnn3C2N)c1. The van der Waals surface area contributed by atoms with E-state index in [1.807, 2.05) is 29.1 Å². The number of hydrogen-bond acceptors (Lipinski definition) is 7. The van der Waals surface area contributed by atoms with E-state index < -0.39 is 6.29 Å². The number of aromatic nitrogens is 2. The Bertz CT molecular complexity index is 890. The lowest BCUT2D eigenvalue weighted by atomic mass is 9.90. The van der Waals surface area contributed by atoms with Crippen LogP contribution in [0.1, 0.15) is 75.8 Å². The van der Waals surface area contributed by atoms with E-state index in [1.54, 1.807) is 7.11 Å². The Hall–Kier alpha value is -2.13. The Balaban J connectivity index is 1.75. The maximum atomic E-state index is 7.00. The number of ether oxygens (including phenoxy) is 1. The van der Waals surface area contributed by atoms with Crippen LogP contribution in [0, 0.1) is 0 Å². The van der Waals surface area contributed by atoms with Crippen molar-refractivity contribution in [2.75, 3.05) is 12.0 Å². The highest BCUT2D eigenvalue weighted by Crippen LogP contribution is 2.42. The maximum absolute atomic E-state index is 7.00. The minimum absolute atomic E-state index is 0.0201. The van der Waals surface area contributed by atoms with E-state index in [0.29, 0.717) is 12.0 Å². The van der Waals surface area contributed by atoms with E-state index in [0.717, 1.165) is 42.8 Å². The summed E-state index contributed by atoms with van der Waals surface area (Å²) in [6.45, 7) is 6.52. The lowest BCUT2D eigenvalue weighted by Crippen LogP contribution is -2.66. The normalized spacial score (nSPS) is 27.9. The van der Waals surface area contributed by atoms with Crippen LogP contribution in [-0.2, 0) is 0 Å². The number of nitrogens with two attached hydrogens (primary N) is 3. The molecule has 0 amide bonds. The van der Waals surface area contributed by atoms with Gasteiger partial charge in [0.1, 0.15) is 17.9 Å². The van der Waals surface area contributed by atoms with Crippen LogP contribution in [0.4, 0.5) is 5.82 Å². The molecule has 0 saturated heterocycles. The fraction of sp³-hybridized carbons (Fsp3) is 0.609. The molecule has 8 heteroatoms. The van der Waals surface area contributed by atoms with E-state index >= 15 is 0 Å². The van der Waals surface area contributed by atoms with Crippen molar-refractivity contribution in [1.29, 1.82) is 0 Å². The van der Waals surface area contributed by atoms with Gasteiger partial charge < -0.3 is 15.4 Å². The number of rotatable bonds is 5. The Labute approximate surface area is 185 Å². The van der Waals surface area contributed by atoms with E-state index in [4.69, 9.17) is 27.0 Å². The molecule has 2 aliphatic rings. The Morgan fingerprint density at radius 1 is 1.03 bits per heavy atom. The summed E-state index contributed by atoms with van der Waals surface area (Å²) in [7, 11) is 1.68. The van der Waals surface area contributed by atoms with Gasteiger partial charge in [0, 0.05) is 23.7 Å². The van der Waals surface area contributed by atoms with Crippen LogP contribution in [0.2, 0.25) is 0 Å². The first-order chi connectivity index (χ1) is 14.8. The molecule has 2 aromatic rings. The van der Waals surface area contributed by atoms with Gasteiger partial charge in [-0.15, -0.1) is 0 Å². The minimum Gasteiger partial charge on any atom is -0.497 e. The van der Waals surface area contributed by atoms with Crippen LogP contribution in [0.25, 0.3) is 0 Å². The van der Waals surface area contributed by atoms with E-state index in [2.05, 4.69) is 36.6 Å². The van der Waals surface area contributed by atoms with Crippen molar-refractivity contribution in [1.82, 2.24) is 14.7 Å². The smallest absolute Gasteiger partial charge is 0.160 e. The van der Waals surface area contributed by atoms with Crippen molar-refractivity contribution in [3.05, 3.63) is 41.6 Å². The van der Waals surface area contributed by atoms with Crippen LogP contribution >= 0.6 is 0 Å². The number of hydrogen-bond donors (Lipinski definition) is 3. The van der Waals surface area contributed by atoms with E-state index in [-0.39, 0.29) is 18.4 Å². The topological polar surface area (TPSA) is 112 Å². The zero-order valence-electron chi connectivity index (χ0n) is 19.1. The average Bonchev–Trinajstić information content (AvgIpc) is 3.20. The lowest BCUT2D eigenvalue weighted by Gasteiger charge is -2.52. The zero-order chi connectivity index (χ0) is 22.3. The summed E-state index contributed by atoms with van der Waals surface area (Å²) in [4.78, 5) is 4.50. The van der Waals surface area contributed by atoms with Crippen LogP contribution in [-0.4, -0.2) is 40.2 Å². The number of fused-ring (bicyclic) bond motifs is 1. The number of benzene rings is 1. The van der Waals surface area contributed by atoms with Crippen molar-refractivity contribution in [3.8, 4) is 5.75 Å². The summed E-state index contributed by atoms with van der Waals surface area (Å²) < 4.78 is 7.39. The number of anilines is 1. The first kappa shape index (κ1) is 22.1. The van der Waals surface area contributed by atoms with Crippen molar-refractivity contribution in [2.45, 2.75) is 83.1 Å². The molecule has 8 nitrogen and oxygen atoms in total. The number of methoxy groups -OCH3 is 1. The van der Waals surface area contributed by atoms with Gasteiger partial charge in [-0.2, -0.15) is 5.10 Å². The van der Waals surface area contributed by atoms with Gasteiger partial charge in [0.25, 0.3) is 0 Å². The summed E-state index contributed by atoms with van der Waals surface area (Å²) in [6.07, 6.45) is 5.20. The van der Waals surface area contributed by atoms with Gasteiger partial charge in [-0.3, -0.25) is 11.5 Å². The first-order valence-electron chi connectivity index (χ1n) is 11.4. The molecule has 1 aliphatic heterocycles. The van der Waals surface area contributed by atoms with Crippen LogP contribution < -0.4 is 26.8 Å². The summed E-state index contributed by atoms with van der Waals surface area (Å²) in [5.74, 6) is 2.21. The fourth-order valence-corrected chi connectivity index (χ4v) is 5.09. The molecule has 170 valence electrons. The molecule has 4 rings (SSSR count). The third kappa shape index (κ3) is 3.93. The second kappa shape index (κ2) is 8.78. The highest BCUT2D eigenvalue weighted by Gasteiger charge is 2.44. The molecule has 1 saturated carbocycles. The van der Waals surface area contributed by atoms with E-state index in [9.17, 15) is 0 Å². The molecule has 3 unspecified atom stereocenters. The number of nitrogens with zero attached hydrogens (tertiary/aromatic N) is 4. The average molecular weight is 428 g/mol. The van der Waals surface area contributed by atoms with Gasteiger partial charge in [-0.25, -0.2) is 9.58 Å². The fourth-order valence-electron chi connectivity index (χ4n) is 5.09. The molecule has 0 bridgehead atoms. The summed E-state index contributed by atoms with van der Waals surface area (Å²) in [5.41, 5.74) is 22.3. The Morgan fingerprint density at radius 3 is 2.39 bits per heavy atom. The van der Waals surface area contributed by atoms with Gasteiger partial charge in [-0.05, 0) is 56.2 Å². The molecule has 6 N–H and O–H groups in total. The molecule has 31 heavy (non-hydrogen) atoms. The van der Waals surface area contributed by atoms with Gasteiger partial charge in [0.05, 0.1) is 13.3 Å². The first-order valence-corrected chi connectivity index (χ1v) is 11.4. The third-order valence-corrected chi connectivity index (χ3v) is 6.97. The summed E-state index contributed by atoms with van der Waals surface area (Å²) in [5, 5.41) is 4.72. The van der Waals surface area contributed by atoms with Crippen molar-refractivity contribution in [3.63, 3.8) is 0 Å². The standard InChI is InChI=1S/C23H37N7O/c1-14(2)20-13-27-30-21(20)29(18-10-8-17(24)9-11-18)22(25)28(23(30)26)15(3)16-6-5-7-19(12-16)31-4/h5-7,12-15,17-18,22-23H,8-11,24-26H2,1-4H3. The molecule has 0 radical (unpaired) electrons. The summed E-state index contributed by atoms with van der Waals surface area (Å²) >= 11 is 0. The van der Waals surface area contributed by atoms with Gasteiger partial charge in [-0.1, -0.05) is 26.0 Å². The van der Waals surface area contributed by atoms with E-state index in [1.165, 1.54) is 5.56 Å². The zero-order valence-corrected chi connectivity index (χ0v) is 19.1. The minimum atomic E-state index is -0.458. The molecule has 0 spiro atoms. The van der Waals surface area contributed by atoms with Gasteiger partial charge >= 0.3 is 0 Å². The highest BCUT2D eigenvalue weighted by molar-refractivity contribution is 5.52. The molecule has 1 aromatic carbocycles. The quantitative estimate of drug-likeness (QED) is 0.673.